The van der Waals surface area contributed by atoms with E-state index in [1.807, 2.05) is 6.07 Å². The smallest absolute Gasteiger partial charge is 0.198 e. The lowest BCUT2D eigenvalue weighted by Crippen LogP contribution is -2.37. The molecule has 0 unspecified atom stereocenters. The van der Waals surface area contributed by atoms with Gasteiger partial charge in [0.2, 0.25) is 0 Å². The molecule has 5 rings (SSSR count). The lowest BCUT2D eigenvalue weighted by molar-refractivity contribution is -0.166. The van der Waals surface area contributed by atoms with E-state index < -0.39 is 13.0 Å². The highest BCUT2D eigenvalue weighted by Crippen LogP contribution is 2.57. The Balaban J connectivity index is 1.65. The van der Waals surface area contributed by atoms with Gasteiger partial charge in [-0.25, -0.2) is 0 Å². The van der Waals surface area contributed by atoms with Crippen LogP contribution < -0.4 is 15.9 Å². The zero-order chi connectivity index (χ0) is 21.7. The topological polar surface area (TPSA) is 18.5 Å². The Morgan fingerprint density at radius 3 is 1.31 bits per heavy atom. The van der Waals surface area contributed by atoms with Crippen molar-refractivity contribution in [3.63, 3.8) is 0 Å². The molecule has 160 valence electrons. The van der Waals surface area contributed by atoms with Crippen LogP contribution in [0.4, 0.5) is 0 Å². The quantitative estimate of drug-likeness (QED) is 0.365. The molecule has 0 bridgehead atoms. The van der Waals surface area contributed by atoms with Crippen molar-refractivity contribution >= 4 is 23.2 Å². The van der Waals surface area contributed by atoms with Crippen molar-refractivity contribution in [2.75, 3.05) is 19.4 Å². The molecular weight excluding hydrogens is 411 g/mol. The van der Waals surface area contributed by atoms with Gasteiger partial charge in [0.25, 0.3) is 0 Å². The van der Waals surface area contributed by atoms with Gasteiger partial charge < -0.3 is 9.47 Å². The lowest BCUT2D eigenvalue weighted by atomic mass is 10.0. The van der Waals surface area contributed by atoms with Gasteiger partial charge in [0, 0.05) is 12.0 Å². The van der Waals surface area contributed by atoms with Crippen LogP contribution >= 0.6 is 7.26 Å². The van der Waals surface area contributed by atoms with Crippen LogP contribution in [0.1, 0.15) is 12.0 Å². The normalized spacial score (nSPS) is 15.5. The van der Waals surface area contributed by atoms with Crippen molar-refractivity contribution < 1.29 is 9.47 Å². The highest BCUT2D eigenvalue weighted by atomic mass is 31.2. The third-order valence-corrected chi connectivity index (χ3v) is 10.8. The van der Waals surface area contributed by atoms with E-state index in [2.05, 4.69) is 115 Å². The molecule has 1 aliphatic rings. The van der Waals surface area contributed by atoms with Crippen LogP contribution in [0.5, 0.6) is 0 Å². The SMILES string of the molecule is c1ccc(C2(CC[P+](c3ccccc3)(c3ccccc3)c3ccccc3)OCCO2)cc1. The third kappa shape index (κ3) is 3.91. The molecule has 4 aromatic rings. The van der Waals surface area contributed by atoms with E-state index in [0.717, 1.165) is 18.1 Å². The Labute approximate surface area is 191 Å². The van der Waals surface area contributed by atoms with Crippen LogP contribution in [0, 0.1) is 0 Å². The van der Waals surface area contributed by atoms with Gasteiger partial charge >= 0.3 is 0 Å². The van der Waals surface area contributed by atoms with Crippen LogP contribution in [0.15, 0.2) is 121 Å². The molecule has 32 heavy (non-hydrogen) atoms. The summed E-state index contributed by atoms with van der Waals surface area (Å²) in [6.45, 7) is 1.25. The molecule has 1 saturated heterocycles. The van der Waals surface area contributed by atoms with Crippen molar-refractivity contribution in [1.82, 2.24) is 0 Å². The summed E-state index contributed by atoms with van der Waals surface area (Å²) in [6, 6.07) is 43.4. The summed E-state index contributed by atoms with van der Waals surface area (Å²) in [4.78, 5) is 0. The highest BCUT2D eigenvalue weighted by Gasteiger charge is 2.49. The van der Waals surface area contributed by atoms with Crippen LogP contribution in [0.3, 0.4) is 0 Å². The number of ether oxygens (including phenoxy) is 2. The molecule has 0 aliphatic carbocycles. The van der Waals surface area contributed by atoms with E-state index in [-0.39, 0.29) is 0 Å². The van der Waals surface area contributed by atoms with Gasteiger partial charge in [-0.05, 0) is 36.4 Å². The van der Waals surface area contributed by atoms with Crippen LogP contribution in [0.25, 0.3) is 0 Å². The second-order valence-electron chi connectivity index (χ2n) is 8.11. The molecule has 3 heteroatoms. The van der Waals surface area contributed by atoms with E-state index in [4.69, 9.17) is 9.47 Å². The molecule has 2 nitrogen and oxygen atoms in total. The maximum atomic E-state index is 6.33. The standard InChI is InChI=1S/C29H28O2P/c1-5-13-25(14-6-1)29(30-22-23-31-29)21-24-32(26-15-7-2-8-16-26,27-17-9-3-10-18-27)28-19-11-4-12-20-28/h1-20H,21-24H2/q+1. The predicted molar refractivity (Wildman–Crippen MR) is 135 cm³/mol. The first kappa shape index (κ1) is 21.1. The average Bonchev–Trinajstić information content (AvgIpc) is 3.37. The van der Waals surface area contributed by atoms with Crippen molar-refractivity contribution in [1.29, 1.82) is 0 Å². The summed E-state index contributed by atoms with van der Waals surface area (Å²) < 4.78 is 12.7. The van der Waals surface area contributed by atoms with Crippen molar-refractivity contribution in [2.24, 2.45) is 0 Å². The Morgan fingerprint density at radius 1 is 0.531 bits per heavy atom. The molecule has 0 radical (unpaired) electrons. The predicted octanol–water partition coefficient (Wildman–Crippen LogP) is 5.27. The number of hydrogen-bond acceptors (Lipinski definition) is 2. The molecule has 0 atom stereocenters. The highest BCUT2D eigenvalue weighted by molar-refractivity contribution is 7.95. The zero-order valence-corrected chi connectivity index (χ0v) is 19.0. The first-order valence-electron chi connectivity index (χ1n) is 11.2. The Morgan fingerprint density at radius 2 is 0.906 bits per heavy atom. The van der Waals surface area contributed by atoms with Crippen LogP contribution in [-0.2, 0) is 15.3 Å². The summed E-state index contributed by atoms with van der Waals surface area (Å²) in [5.74, 6) is -0.690. The van der Waals surface area contributed by atoms with E-state index in [9.17, 15) is 0 Å². The maximum absolute atomic E-state index is 6.33. The van der Waals surface area contributed by atoms with Gasteiger partial charge in [-0.2, -0.15) is 0 Å². The molecule has 0 N–H and O–H groups in total. The fraction of sp³-hybridized carbons (Fsp3) is 0.172. The number of rotatable bonds is 7. The summed E-state index contributed by atoms with van der Waals surface area (Å²) in [6.07, 6.45) is 1.75. The fourth-order valence-corrected chi connectivity index (χ4v) is 9.14. The first-order valence-corrected chi connectivity index (χ1v) is 13.2. The maximum Gasteiger partial charge on any atom is 0.198 e. The van der Waals surface area contributed by atoms with Gasteiger partial charge in [0.05, 0.1) is 19.4 Å². The van der Waals surface area contributed by atoms with E-state index in [0.29, 0.717) is 13.2 Å². The number of benzene rings is 4. The summed E-state index contributed by atoms with van der Waals surface area (Å²) >= 11 is 0. The van der Waals surface area contributed by atoms with Gasteiger partial charge in [0.15, 0.2) is 5.79 Å². The largest absolute Gasteiger partial charge is 0.343 e. The van der Waals surface area contributed by atoms with E-state index in [1.54, 1.807) is 0 Å². The summed E-state index contributed by atoms with van der Waals surface area (Å²) in [5.41, 5.74) is 1.10. The molecule has 4 aromatic carbocycles. The molecule has 0 amide bonds. The van der Waals surface area contributed by atoms with Crippen molar-refractivity contribution in [2.45, 2.75) is 12.2 Å². The molecule has 1 aliphatic heterocycles. The van der Waals surface area contributed by atoms with Crippen LogP contribution in [-0.4, -0.2) is 19.4 Å². The third-order valence-electron chi connectivity index (χ3n) is 6.33. The second kappa shape index (κ2) is 9.38. The van der Waals surface area contributed by atoms with Gasteiger partial charge in [0.1, 0.15) is 23.2 Å². The lowest BCUT2D eigenvalue weighted by Gasteiger charge is -2.33. The Bertz CT molecular complexity index is 1010. The molecule has 0 aromatic heterocycles. The van der Waals surface area contributed by atoms with Crippen LogP contribution in [0.2, 0.25) is 0 Å². The minimum Gasteiger partial charge on any atom is -0.343 e. The molecule has 1 heterocycles. The molecule has 0 spiro atoms. The molecule has 1 fully saturated rings. The Hall–Kier alpha value is -2.77. The summed E-state index contributed by atoms with van der Waals surface area (Å²) in [7, 11) is -1.93. The first-order chi connectivity index (χ1) is 15.8. The second-order valence-corrected chi connectivity index (χ2v) is 11.7. The molecule has 0 saturated carbocycles. The zero-order valence-electron chi connectivity index (χ0n) is 18.1. The van der Waals surface area contributed by atoms with E-state index >= 15 is 0 Å². The minimum atomic E-state index is -1.93. The van der Waals surface area contributed by atoms with Gasteiger partial charge in [-0.3, -0.25) is 0 Å². The fourth-order valence-electron chi connectivity index (χ4n) is 4.80. The minimum absolute atomic E-state index is 0.627. The monoisotopic (exact) mass is 439 g/mol. The average molecular weight is 440 g/mol. The Kier molecular flexibility index (Phi) is 6.19. The van der Waals surface area contributed by atoms with E-state index in [1.165, 1.54) is 15.9 Å². The summed E-state index contributed by atoms with van der Waals surface area (Å²) in [5, 5.41) is 4.16. The van der Waals surface area contributed by atoms with Gasteiger partial charge in [-0.15, -0.1) is 0 Å². The molecular formula is C29H28O2P+. The van der Waals surface area contributed by atoms with Gasteiger partial charge in [-0.1, -0.05) is 84.9 Å². The number of hydrogen-bond donors (Lipinski definition) is 0. The van der Waals surface area contributed by atoms with Crippen molar-refractivity contribution in [3.05, 3.63) is 127 Å². The van der Waals surface area contributed by atoms with Crippen molar-refractivity contribution in [3.8, 4) is 0 Å².